The van der Waals surface area contributed by atoms with Crippen LogP contribution in [-0.4, -0.2) is 16.7 Å². The molecule has 0 saturated heterocycles. The first kappa shape index (κ1) is 11.7. The van der Waals surface area contributed by atoms with Crippen molar-refractivity contribution in [1.29, 1.82) is 0 Å². The minimum absolute atomic E-state index is 0.269. The number of aromatic nitrogens is 2. The fourth-order valence-electron chi connectivity index (χ4n) is 1.59. The Bertz CT molecular complexity index is 510. The second kappa shape index (κ2) is 5.05. The van der Waals surface area contributed by atoms with Crippen molar-refractivity contribution in [2.24, 2.45) is 5.73 Å². The van der Waals surface area contributed by atoms with Gasteiger partial charge in [-0.3, -0.25) is 0 Å². The van der Waals surface area contributed by atoms with Crippen LogP contribution in [0, 0.1) is 12.7 Å². The lowest BCUT2D eigenvalue weighted by Crippen LogP contribution is -2.01. The Labute approximate surface area is 98.6 Å². The van der Waals surface area contributed by atoms with Crippen LogP contribution in [0.25, 0.3) is 11.5 Å². The van der Waals surface area contributed by atoms with Crippen LogP contribution in [0.4, 0.5) is 4.39 Å². The molecule has 2 N–H and O–H groups in total. The van der Waals surface area contributed by atoms with Crippen LogP contribution < -0.4 is 5.73 Å². The molecular formula is C12H14FN3O. The van der Waals surface area contributed by atoms with Crippen LogP contribution in [0.3, 0.4) is 0 Å². The summed E-state index contributed by atoms with van der Waals surface area (Å²) in [7, 11) is 0. The van der Waals surface area contributed by atoms with Gasteiger partial charge in [-0.15, -0.1) is 0 Å². The van der Waals surface area contributed by atoms with E-state index >= 15 is 0 Å². The monoisotopic (exact) mass is 235 g/mol. The van der Waals surface area contributed by atoms with E-state index in [4.69, 9.17) is 10.3 Å². The van der Waals surface area contributed by atoms with Gasteiger partial charge in [-0.25, -0.2) is 4.39 Å². The van der Waals surface area contributed by atoms with Gasteiger partial charge in [0.25, 0.3) is 5.89 Å². The Hall–Kier alpha value is -1.75. The average molecular weight is 235 g/mol. The summed E-state index contributed by atoms with van der Waals surface area (Å²) in [6.45, 7) is 2.40. The van der Waals surface area contributed by atoms with Crippen LogP contribution in [0.5, 0.6) is 0 Å². The van der Waals surface area contributed by atoms with Gasteiger partial charge in [-0.2, -0.15) is 4.98 Å². The molecule has 1 heterocycles. The van der Waals surface area contributed by atoms with Gasteiger partial charge in [0, 0.05) is 12.0 Å². The van der Waals surface area contributed by atoms with Crippen molar-refractivity contribution in [3.05, 3.63) is 35.4 Å². The average Bonchev–Trinajstić information content (AvgIpc) is 2.75. The second-order valence-corrected chi connectivity index (χ2v) is 3.87. The van der Waals surface area contributed by atoms with Gasteiger partial charge in [0.2, 0.25) is 0 Å². The van der Waals surface area contributed by atoms with E-state index in [-0.39, 0.29) is 5.82 Å². The molecule has 0 spiro atoms. The van der Waals surface area contributed by atoms with Crippen LogP contribution in [-0.2, 0) is 6.42 Å². The van der Waals surface area contributed by atoms with Crippen molar-refractivity contribution in [3.63, 3.8) is 0 Å². The van der Waals surface area contributed by atoms with Crippen LogP contribution >= 0.6 is 0 Å². The third kappa shape index (κ3) is 2.68. The summed E-state index contributed by atoms with van der Waals surface area (Å²) >= 11 is 0. The standard InChI is InChI=1S/C12H14FN3O/c1-8-7-9(13)4-5-10(8)12-15-11(16-17-12)3-2-6-14/h4-5,7H,2-3,6,14H2,1H3. The first-order chi connectivity index (χ1) is 8.20. The predicted molar refractivity (Wildman–Crippen MR) is 61.8 cm³/mol. The summed E-state index contributed by atoms with van der Waals surface area (Å²) in [5.41, 5.74) is 6.95. The molecule has 0 unspecified atom stereocenters. The van der Waals surface area contributed by atoms with Crippen LogP contribution in [0.15, 0.2) is 22.7 Å². The molecule has 0 radical (unpaired) electrons. The van der Waals surface area contributed by atoms with E-state index in [9.17, 15) is 4.39 Å². The number of halogens is 1. The second-order valence-electron chi connectivity index (χ2n) is 3.87. The van der Waals surface area contributed by atoms with Crippen molar-refractivity contribution in [2.45, 2.75) is 19.8 Å². The number of benzene rings is 1. The van der Waals surface area contributed by atoms with Gasteiger partial charge in [-0.05, 0) is 43.7 Å². The first-order valence-corrected chi connectivity index (χ1v) is 5.50. The Balaban J connectivity index is 2.24. The van der Waals surface area contributed by atoms with Crippen molar-refractivity contribution in [2.75, 3.05) is 6.54 Å². The van der Waals surface area contributed by atoms with Gasteiger partial charge >= 0.3 is 0 Å². The maximum absolute atomic E-state index is 13.0. The van der Waals surface area contributed by atoms with E-state index in [0.717, 1.165) is 17.5 Å². The zero-order chi connectivity index (χ0) is 12.3. The lowest BCUT2D eigenvalue weighted by Gasteiger charge is -1.99. The van der Waals surface area contributed by atoms with E-state index in [0.29, 0.717) is 24.7 Å². The van der Waals surface area contributed by atoms with Crippen molar-refractivity contribution >= 4 is 0 Å². The molecule has 0 bridgehead atoms. The molecule has 0 aliphatic carbocycles. The van der Waals surface area contributed by atoms with E-state index in [1.165, 1.54) is 12.1 Å². The van der Waals surface area contributed by atoms with Crippen LogP contribution in [0.2, 0.25) is 0 Å². The topological polar surface area (TPSA) is 64.9 Å². The number of nitrogens with two attached hydrogens (primary N) is 1. The van der Waals surface area contributed by atoms with Gasteiger partial charge in [0.05, 0.1) is 0 Å². The summed E-state index contributed by atoms with van der Waals surface area (Å²) in [6.07, 6.45) is 1.52. The third-order valence-electron chi connectivity index (χ3n) is 2.49. The molecule has 0 atom stereocenters. The smallest absolute Gasteiger partial charge is 0.258 e. The molecule has 5 heteroatoms. The molecule has 90 valence electrons. The Morgan fingerprint density at radius 1 is 1.41 bits per heavy atom. The van der Waals surface area contributed by atoms with Gasteiger partial charge in [-0.1, -0.05) is 5.16 Å². The molecular weight excluding hydrogens is 221 g/mol. The maximum Gasteiger partial charge on any atom is 0.258 e. The molecule has 17 heavy (non-hydrogen) atoms. The lowest BCUT2D eigenvalue weighted by atomic mass is 10.1. The van der Waals surface area contributed by atoms with Crippen molar-refractivity contribution in [1.82, 2.24) is 10.1 Å². The lowest BCUT2D eigenvalue weighted by molar-refractivity contribution is 0.421. The Morgan fingerprint density at radius 2 is 2.24 bits per heavy atom. The molecule has 2 aromatic rings. The normalized spacial score (nSPS) is 10.8. The van der Waals surface area contributed by atoms with Gasteiger partial charge < -0.3 is 10.3 Å². The largest absolute Gasteiger partial charge is 0.334 e. The van der Waals surface area contributed by atoms with Crippen molar-refractivity contribution in [3.8, 4) is 11.5 Å². The number of aryl methyl sites for hydroxylation is 2. The Kier molecular flexibility index (Phi) is 3.49. The molecule has 0 amide bonds. The number of rotatable bonds is 4. The van der Waals surface area contributed by atoms with E-state index in [1.54, 1.807) is 6.07 Å². The van der Waals surface area contributed by atoms with Gasteiger partial charge in [0.15, 0.2) is 5.82 Å². The highest BCUT2D eigenvalue weighted by atomic mass is 19.1. The quantitative estimate of drug-likeness (QED) is 0.881. The minimum Gasteiger partial charge on any atom is -0.334 e. The molecule has 4 nitrogen and oxygen atoms in total. The summed E-state index contributed by atoms with van der Waals surface area (Å²) < 4.78 is 18.1. The fourth-order valence-corrected chi connectivity index (χ4v) is 1.59. The number of nitrogens with zero attached hydrogens (tertiary/aromatic N) is 2. The zero-order valence-electron chi connectivity index (χ0n) is 9.61. The highest BCUT2D eigenvalue weighted by Gasteiger charge is 2.11. The highest BCUT2D eigenvalue weighted by molar-refractivity contribution is 5.57. The fraction of sp³-hybridized carbons (Fsp3) is 0.333. The third-order valence-corrected chi connectivity index (χ3v) is 2.49. The zero-order valence-corrected chi connectivity index (χ0v) is 9.61. The van der Waals surface area contributed by atoms with E-state index in [2.05, 4.69) is 10.1 Å². The first-order valence-electron chi connectivity index (χ1n) is 5.50. The van der Waals surface area contributed by atoms with E-state index in [1.807, 2.05) is 6.92 Å². The van der Waals surface area contributed by atoms with E-state index < -0.39 is 0 Å². The summed E-state index contributed by atoms with van der Waals surface area (Å²) in [6, 6.07) is 4.47. The SMILES string of the molecule is Cc1cc(F)ccc1-c1nc(CCCN)no1. The molecule has 0 aliphatic heterocycles. The molecule has 0 aliphatic rings. The van der Waals surface area contributed by atoms with Crippen LogP contribution in [0.1, 0.15) is 17.8 Å². The minimum atomic E-state index is -0.269. The number of hydrogen-bond acceptors (Lipinski definition) is 4. The van der Waals surface area contributed by atoms with Crippen molar-refractivity contribution < 1.29 is 8.91 Å². The summed E-state index contributed by atoms with van der Waals surface area (Å²) in [4.78, 5) is 4.25. The maximum atomic E-state index is 13.0. The summed E-state index contributed by atoms with van der Waals surface area (Å²) in [5.74, 6) is 0.790. The highest BCUT2D eigenvalue weighted by Crippen LogP contribution is 2.22. The molecule has 1 aromatic carbocycles. The molecule has 1 aromatic heterocycles. The molecule has 2 rings (SSSR count). The predicted octanol–water partition coefficient (Wildman–Crippen LogP) is 2.08. The Morgan fingerprint density at radius 3 is 2.94 bits per heavy atom. The number of hydrogen-bond donors (Lipinski definition) is 1. The molecule has 0 saturated carbocycles. The summed E-state index contributed by atoms with van der Waals surface area (Å²) in [5, 5.41) is 3.86. The van der Waals surface area contributed by atoms with Gasteiger partial charge in [0.1, 0.15) is 5.82 Å². The molecule has 0 fully saturated rings.